The molecule has 0 spiro atoms. The molecule has 0 heterocycles. The van der Waals surface area contributed by atoms with Crippen molar-refractivity contribution in [2.45, 2.75) is 60.4 Å². The van der Waals surface area contributed by atoms with E-state index < -0.39 is 50.2 Å². The van der Waals surface area contributed by atoms with E-state index in [-0.39, 0.29) is 65.7 Å². The third kappa shape index (κ3) is 6.17. The molecule has 40 heavy (non-hydrogen) atoms. The van der Waals surface area contributed by atoms with Crippen molar-refractivity contribution in [1.82, 2.24) is 0 Å². The lowest BCUT2D eigenvalue weighted by Crippen LogP contribution is -2.51. The van der Waals surface area contributed by atoms with Gasteiger partial charge in [-0.1, -0.05) is 11.6 Å². The smallest absolute Gasteiger partial charge is 0.255 e. The summed E-state index contributed by atoms with van der Waals surface area (Å²) in [5.41, 5.74) is -1.75. The molecule has 0 aliphatic heterocycles. The number of carbonyl (C=O) groups is 1. The maximum Gasteiger partial charge on any atom is 0.255 e. The first-order valence-electron chi connectivity index (χ1n) is 13.0. The molecule has 2 fully saturated rings. The molecule has 2 aromatic carbocycles. The van der Waals surface area contributed by atoms with Crippen LogP contribution in [0.15, 0.2) is 35.2 Å². The Hall–Kier alpha value is -2.22. The van der Waals surface area contributed by atoms with E-state index >= 15 is 0 Å². The van der Waals surface area contributed by atoms with Crippen LogP contribution >= 0.6 is 11.6 Å². The lowest BCUT2D eigenvalue weighted by molar-refractivity contribution is -0.133. The fourth-order valence-corrected chi connectivity index (χ4v) is 8.22. The van der Waals surface area contributed by atoms with Crippen LogP contribution < -0.4 is 5.32 Å². The second-order valence-electron chi connectivity index (χ2n) is 10.4. The normalized spacial score (nSPS) is 24.4. The minimum absolute atomic E-state index is 0.0409. The Balaban J connectivity index is 1.51. The molecule has 0 radical (unpaired) electrons. The minimum atomic E-state index is -4.06. The molecule has 4 N–H and O–H groups in total. The molecular weight excluding hydrogens is 575 g/mol. The Morgan fingerprint density at radius 3 is 2.17 bits per heavy atom. The molecule has 220 valence electrons. The van der Waals surface area contributed by atoms with Crippen LogP contribution in [0.2, 0.25) is 5.02 Å². The number of ether oxygens (including phenoxy) is 1. The van der Waals surface area contributed by atoms with Gasteiger partial charge in [0.2, 0.25) is 0 Å². The molecule has 2 aromatic rings. The number of nitrogens with one attached hydrogen (secondary N) is 1. The largest absolute Gasteiger partial charge is 0.396 e. The van der Waals surface area contributed by atoms with Gasteiger partial charge in [-0.15, -0.1) is 0 Å². The number of aliphatic hydroxyl groups excluding tert-OH is 2. The van der Waals surface area contributed by atoms with Gasteiger partial charge < -0.3 is 25.4 Å². The monoisotopic (exact) mass is 605 g/mol. The number of anilines is 1. The zero-order valence-corrected chi connectivity index (χ0v) is 23.0. The predicted octanol–water partition coefficient (Wildman–Crippen LogP) is 3.85. The summed E-state index contributed by atoms with van der Waals surface area (Å²) in [4.78, 5) is 12.5. The second-order valence-corrected chi connectivity index (χ2v) is 13.0. The van der Waals surface area contributed by atoms with Gasteiger partial charge in [-0.3, -0.25) is 4.79 Å². The molecule has 2 aliphatic rings. The van der Waals surface area contributed by atoms with Gasteiger partial charge in [0.05, 0.1) is 33.5 Å². The average molecular weight is 606 g/mol. The van der Waals surface area contributed by atoms with Crippen LogP contribution in [0.4, 0.5) is 18.9 Å². The maximum absolute atomic E-state index is 13.7. The highest BCUT2D eigenvalue weighted by Gasteiger charge is 2.56. The van der Waals surface area contributed by atoms with Gasteiger partial charge in [-0.2, -0.15) is 0 Å². The summed E-state index contributed by atoms with van der Waals surface area (Å²) in [5.74, 6) is -6.30. The van der Waals surface area contributed by atoms with Crippen LogP contribution in [0.1, 0.15) is 48.9 Å². The zero-order valence-electron chi connectivity index (χ0n) is 21.5. The van der Waals surface area contributed by atoms with Gasteiger partial charge in [-0.05, 0) is 68.6 Å². The van der Waals surface area contributed by atoms with E-state index in [1.54, 1.807) is 0 Å². The van der Waals surface area contributed by atoms with Gasteiger partial charge in [0, 0.05) is 36.6 Å². The number of aliphatic hydroxyl groups is 3. The summed E-state index contributed by atoms with van der Waals surface area (Å²) in [7, 11) is -4.06. The topological polar surface area (TPSA) is 133 Å². The number of halogens is 4. The first kappa shape index (κ1) is 30.7. The van der Waals surface area contributed by atoms with E-state index in [4.69, 9.17) is 16.3 Å². The molecule has 0 saturated heterocycles. The van der Waals surface area contributed by atoms with Gasteiger partial charge in [0.25, 0.3) is 5.91 Å². The summed E-state index contributed by atoms with van der Waals surface area (Å²) in [6.07, 6.45) is 1.65. The van der Waals surface area contributed by atoms with E-state index in [0.717, 1.165) is 6.07 Å². The van der Waals surface area contributed by atoms with Crippen molar-refractivity contribution in [2.24, 2.45) is 11.8 Å². The number of hydrogen-bond donors (Lipinski definition) is 4. The number of benzene rings is 2. The van der Waals surface area contributed by atoms with Gasteiger partial charge in [-0.25, -0.2) is 21.6 Å². The van der Waals surface area contributed by atoms with Crippen molar-refractivity contribution >= 4 is 33.0 Å². The summed E-state index contributed by atoms with van der Waals surface area (Å²) < 4.78 is 73.6. The molecule has 0 aromatic heterocycles. The third-order valence-electron chi connectivity index (χ3n) is 8.01. The van der Waals surface area contributed by atoms with E-state index in [2.05, 4.69) is 5.32 Å². The second kappa shape index (κ2) is 12.3. The average Bonchev–Trinajstić information content (AvgIpc) is 3.06. The Morgan fingerprint density at radius 2 is 1.62 bits per heavy atom. The molecule has 2 aliphatic carbocycles. The molecule has 2 unspecified atom stereocenters. The number of rotatable bonds is 11. The number of fused-ring (bicyclic) bond motifs is 2. The van der Waals surface area contributed by atoms with Gasteiger partial charge in [0.1, 0.15) is 0 Å². The van der Waals surface area contributed by atoms with Crippen molar-refractivity contribution in [1.29, 1.82) is 0 Å². The Labute approximate surface area is 235 Å². The predicted molar refractivity (Wildman–Crippen MR) is 140 cm³/mol. The minimum Gasteiger partial charge on any atom is -0.396 e. The highest BCUT2D eigenvalue weighted by Crippen LogP contribution is 2.52. The van der Waals surface area contributed by atoms with Crippen LogP contribution in [-0.2, 0) is 14.6 Å². The van der Waals surface area contributed by atoms with Crippen molar-refractivity contribution < 1.29 is 46.4 Å². The first-order valence-corrected chi connectivity index (χ1v) is 14.9. The molecule has 13 heteroatoms. The van der Waals surface area contributed by atoms with Crippen LogP contribution in [0.25, 0.3) is 0 Å². The van der Waals surface area contributed by atoms with Crippen LogP contribution in [0, 0.1) is 29.3 Å². The van der Waals surface area contributed by atoms with Crippen molar-refractivity contribution in [3.8, 4) is 0 Å². The zero-order chi connectivity index (χ0) is 29.2. The fraction of sp³-hybridized carbons (Fsp3) is 0.519. The van der Waals surface area contributed by atoms with E-state index in [9.17, 15) is 41.7 Å². The summed E-state index contributed by atoms with van der Waals surface area (Å²) in [5, 5.41) is 31.2. The number of amides is 1. The molecule has 2 saturated carbocycles. The quantitative estimate of drug-likeness (QED) is 0.286. The lowest BCUT2D eigenvalue weighted by atomic mass is 9.75. The Morgan fingerprint density at radius 1 is 1.05 bits per heavy atom. The van der Waals surface area contributed by atoms with Crippen molar-refractivity contribution in [2.75, 3.05) is 25.1 Å². The fourth-order valence-electron chi connectivity index (χ4n) is 5.82. The summed E-state index contributed by atoms with van der Waals surface area (Å²) in [6, 6.07) is 4.77. The molecule has 8 nitrogen and oxygen atoms in total. The molecule has 4 rings (SSSR count). The standard InChI is InChI=1S/C27H31ClF3NO7S/c28-21-4-1-15(26(35)32-18-12-22(29)25(31)23(30)13-18)9-24(21)40(37,38)20-10-16-2-3-17(11-20)27(16,36)14-39-19(5-7-33)6-8-34/h1,4,9,12-13,16-17,19-20,33-34,36H,2-3,5-8,10-11,14H2,(H,32,35). The van der Waals surface area contributed by atoms with E-state index in [1.807, 2.05) is 0 Å². The molecular formula is C27H31ClF3NO7S. The van der Waals surface area contributed by atoms with Crippen molar-refractivity contribution in [3.05, 3.63) is 58.4 Å². The number of carbonyl (C=O) groups excluding carboxylic acids is 1. The van der Waals surface area contributed by atoms with E-state index in [1.165, 1.54) is 12.1 Å². The Bertz CT molecular complexity index is 1320. The highest BCUT2D eigenvalue weighted by atomic mass is 35.5. The van der Waals surface area contributed by atoms with Crippen LogP contribution in [0.3, 0.4) is 0 Å². The number of sulfone groups is 1. The third-order valence-corrected chi connectivity index (χ3v) is 10.7. The van der Waals surface area contributed by atoms with Crippen LogP contribution in [0.5, 0.6) is 0 Å². The van der Waals surface area contributed by atoms with E-state index in [0.29, 0.717) is 37.8 Å². The molecule has 2 atom stereocenters. The van der Waals surface area contributed by atoms with Crippen LogP contribution in [-0.4, -0.2) is 66.4 Å². The number of hydrogen-bond acceptors (Lipinski definition) is 7. The summed E-state index contributed by atoms with van der Waals surface area (Å²) >= 11 is 6.25. The molecule has 2 bridgehead atoms. The Kier molecular flexibility index (Phi) is 9.48. The molecule has 1 amide bonds. The van der Waals surface area contributed by atoms with Gasteiger partial charge >= 0.3 is 0 Å². The SMILES string of the molecule is O=C(Nc1cc(F)c(F)c(F)c1)c1ccc(Cl)c(S(=O)(=O)C2CC3CCC(C2)C3(O)COC(CCO)CCO)c1. The maximum atomic E-state index is 13.7. The highest BCUT2D eigenvalue weighted by molar-refractivity contribution is 7.92. The van der Waals surface area contributed by atoms with Gasteiger partial charge in [0.15, 0.2) is 27.3 Å². The summed E-state index contributed by atoms with van der Waals surface area (Å²) in [6.45, 7) is -0.307. The lowest BCUT2D eigenvalue weighted by Gasteiger charge is -2.42. The first-order chi connectivity index (χ1) is 18.9. The van der Waals surface area contributed by atoms with Crippen molar-refractivity contribution in [3.63, 3.8) is 0 Å².